The summed E-state index contributed by atoms with van der Waals surface area (Å²) in [5, 5.41) is 0. The van der Waals surface area contributed by atoms with E-state index in [1.54, 1.807) is 59.5 Å². The molecule has 1 heterocycles. The Kier molecular flexibility index (Phi) is 6.70. The molecule has 7 heteroatoms. The number of carbonyl (C=O) groups excluding carboxylic acids is 1. The second-order valence-corrected chi connectivity index (χ2v) is 10.3. The van der Waals surface area contributed by atoms with Crippen molar-refractivity contribution in [2.75, 3.05) is 22.7 Å². The van der Waals surface area contributed by atoms with Crippen LogP contribution in [0.3, 0.4) is 0 Å². The summed E-state index contributed by atoms with van der Waals surface area (Å²) in [6, 6.07) is 23.6. The van der Waals surface area contributed by atoms with Crippen LogP contribution >= 0.6 is 0 Å². The molecule has 1 N–H and O–H groups in total. The van der Waals surface area contributed by atoms with Gasteiger partial charge in [-0.2, -0.15) is 0 Å². The maximum atomic E-state index is 13.1. The maximum absolute atomic E-state index is 13.1. The predicted molar refractivity (Wildman–Crippen MR) is 132 cm³/mol. The van der Waals surface area contributed by atoms with Crippen LogP contribution in [-0.2, 0) is 16.6 Å². The summed E-state index contributed by atoms with van der Waals surface area (Å²) >= 11 is 0. The number of anilines is 2. The van der Waals surface area contributed by atoms with Crippen LogP contribution < -0.4 is 9.62 Å². The number of hydrogen-bond donors (Lipinski definition) is 1. The Balaban J connectivity index is 1.43. The van der Waals surface area contributed by atoms with Gasteiger partial charge in [-0.1, -0.05) is 56.3 Å². The first-order valence-corrected chi connectivity index (χ1v) is 12.6. The molecule has 0 aromatic heterocycles. The molecule has 0 bridgehead atoms. The minimum atomic E-state index is -3.65. The highest BCUT2D eigenvalue weighted by atomic mass is 32.2. The summed E-state index contributed by atoms with van der Waals surface area (Å²) < 4.78 is 27.7. The van der Waals surface area contributed by atoms with E-state index in [1.807, 2.05) is 4.90 Å². The molecule has 0 spiro atoms. The molecular weight excluding hydrogens is 434 g/mol. The Morgan fingerprint density at radius 1 is 0.879 bits per heavy atom. The molecular formula is C26H29N3O3S. The summed E-state index contributed by atoms with van der Waals surface area (Å²) in [6.07, 6.45) is 0.873. The molecule has 6 nitrogen and oxygen atoms in total. The van der Waals surface area contributed by atoms with Crippen molar-refractivity contribution < 1.29 is 13.2 Å². The highest BCUT2D eigenvalue weighted by Gasteiger charge is 2.27. The van der Waals surface area contributed by atoms with Crippen molar-refractivity contribution in [3.05, 3.63) is 90.0 Å². The Bertz CT molecular complexity index is 1190. The molecule has 172 valence electrons. The van der Waals surface area contributed by atoms with Gasteiger partial charge in [0, 0.05) is 31.0 Å². The molecule has 3 aromatic carbocycles. The van der Waals surface area contributed by atoms with Gasteiger partial charge in [0.15, 0.2) is 0 Å². The van der Waals surface area contributed by atoms with Gasteiger partial charge in [-0.3, -0.25) is 9.62 Å². The van der Waals surface area contributed by atoms with Gasteiger partial charge < -0.3 is 4.90 Å². The van der Waals surface area contributed by atoms with Gasteiger partial charge in [0.05, 0.1) is 4.90 Å². The molecule has 0 radical (unpaired) electrons. The molecule has 1 saturated heterocycles. The van der Waals surface area contributed by atoms with Gasteiger partial charge in [-0.25, -0.2) is 13.2 Å². The lowest BCUT2D eigenvalue weighted by Crippen LogP contribution is -2.49. The van der Waals surface area contributed by atoms with Crippen LogP contribution in [0.2, 0.25) is 0 Å². The van der Waals surface area contributed by atoms with E-state index in [2.05, 4.69) is 42.8 Å². The van der Waals surface area contributed by atoms with E-state index in [0.29, 0.717) is 24.7 Å². The fourth-order valence-corrected chi connectivity index (χ4v) is 5.00. The van der Waals surface area contributed by atoms with E-state index in [-0.39, 0.29) is 10.9 Å². The Morgan fingerprint density at radius 2 is 1.55 bits per heavy atom. The molecule has 0 aliphatic carbocycles. The van der Waals surface area contributed by atoms with Crippen LogP contribution in [0.15, 0.2) is 83.8 Å². The van der Waals surface area contributed by atoms with E-state index in [9.17, 15) is 13.2 Å². The first kappa shape index (κ1) is 22.9. The number of rotatable bonds is 7. The number of amides is 2. The van der Waals surface area contributed by atoms with E-state index in [4.69, 9.17) is 0 Å². The second kappa shape index (κ2) is 9.67. The third kappa shape index (κ3) is 5.37. The summed E-state index contributed by atoms with van der Waals surface area (Å²) in [5.41, 5.74) is 3.60. The third-order valence-electron chi connectivity index (χ3n) is 5.82. The van der Waals surface area contributed by atoms with Crippen molar-refractivity contribution in [1.82, 2.24) is 4.90 Å². The van der Waals surface area contributed by atoms with Gasteiger partial charge in [0.2, 0.25) is 0 Å². The molecule has 4 rings (SSSR count). The fourth-order valence-electron chi connectivity index (χ4n) is 3.92. The third-order valence-corrected chi connectivity index (χ3v) is 7.21. The van der Waals surface area contributed by atoms with Gasteiger partial charge in [-0.05, 0) is 59.9 Å². The van der Waals surface area contributed by atoms with Gasteiger partial charge >= 0.3 is 6.03 Å². The minimum Gasteiger partial charge on any atom is -0.320 e. The van der Waals surface area contributed by atoms with Crippen molar-refractivity contribution in [2.24, 2.45) is 0 Å². The molecule has 1 aliphatic heterocycles. The van der Waals surface area contributed by atoms with E-state index in [0.717, 1.165) is 24.2 Å². The fraction of sp³-hybridized carbons (Fsp3) is 0.269. The zero-order chi connectivity index (χ0) is 23.4. The number of nitrogens with zero attached hydrogens (tertiary/aromatic N) is 2. The lowest BCUT2D eigenvalue weighted by Gasteiger charge is -2.35. The zero-order valence-corrected chi connectivity index (χ0v) is 19.8. The molecule has 0 atom stereocenters. The smallest absolute Gasteiger partial charge is 0.320 e. The normalized spacial score (nSPS) is 14.6. The van der Waals surface area contributed by atoms with Crippen molar-refractivity contribution in [3.63, 3.8) is 0 Å². The van der Waals surface area contributed by atoms with Crippen molar-refractivity contribution in [3.8, 4) is 0 Å². The summed E-state index contributed by atoms with van der Waals surface area (Å²) in [6.45, 7) is 6.26. The van der Waals surface area contributed by atoms with E-state index in [1.165, 1.54) is 5.56 Å². The summed E-state index contributed by atoms with van der Waals surface area (Å²) in [7, 11) is -3.65. The number of sulfonamides is 1. The van der Waals surface area contributed by atoms with E-state index < -0.39 is 10.0 Å². The average molecular weight is 464 g/mol. The lowest BCUT2D eigenvalue weighted by molar-refractivity contribution is 0.192. The number of urea groups is 1. The zero-order valence-electron chi connectivity index (χ0n) is 18.9. The van der Waals surface area contributed by atoms with Crippen LogP contribution in [0.1, 0.15) is 37.3 Å². The number of nitrogens with one attached hydrogen (secondary N) is 1. The Morgan fingerprint density at radius 3 is 2.18 bits per heavy atom. The van der Waals surface area contributed by atoms with Gasteiger partial charge in [0.25, 0.3) is 10.0 Å². The van der Waals surface area contributed by atoms with Crippen LogP contribution in [0.25, 0.3) is 0 Å². The highest BCUT2D eigenvalue weighted by Crippen LogP contribution is 2.25. The highest BCUT2D eigenvalue weighted by molar-refractivity contribution is 7.92. The number of benzene rings is 3. The minimum absolute atomic E-state index is 0.0354. The molecule has 0 unspecified atom stereocenters. The lowest BCUT2D eigenvalue weighted by atomic mass is 10.0. The molecule has 3 aromatic rings. The van der Waals surface area contributed by atoms with Crippen LogP contribution in [0.5, 0.6) is 0 Å². The largest absolute Gasteiger partial charge is 0.324 e. The van der Waals surface area contributed by atoms with Crippen molar-refractivity contribution in [1.29, 1.82) is 0 Å². The van der Waals surface area contributed by atoms with Gasteiger partial charge in [-0.15, -0.1) is 0 Å². The monoisotopic (exact) mass is 463 g/mol. The van der Waals surface area contributed by atoms with E-state index >= 15 is 0 Å². The quantitative estimate of drug-likeness (QED) is 0.507. The SMILES string of the molecule is CC(C)c1ccc(CN2CCCN(c3ccc(NS(=O)(=O)c4ccccc4)cc3)C2=O)cc1. The first-order chi connectivity index (χ1) is 15.8. The van der Waals surface area contributed by atoms with Crippen molar-refractivity contribution in [2.45, 2.75) is 37.6 Å². The Labute approximate surface area is 195 Å². The predicted octanol–water partition coefficient (Wildman–Crippen LogP) is 5.44. The van der Waals surface area contributed by atoms with Crippen LogP contribution in [-0.4, -0.2) is 32.4 Å². The molecule has 0 saturated carbocycles. The maximum Gasteiger partial charge on any atom is 0.324 e. The summed E-state index contributed by atoms with van der Waals surface area (Å²) in [4.78, 5) is 17.0. The van der Waals surface area contributed by atoms with Crippen LogP contribution in [0, 0.1) is 0 Å². The standard InChI is InChI=1S/C26H29N3O3S/c1-20(2)22-11-9-21(10-12-22)19-28-17-6-18-29(26(28)30)24-15-13-23(14-16-24)27-33(31,32)25-7-4-3-5-8-25/h3-5,7-16,20,27H,6,17-19H2,1-2H3. The molecule has 33 heavy (non-hydrogen) atoms. The number of hydrogen-bond acceptors (Lipinski definition) is 3. The Hall–Kier alpha value is -3.32. The molecule has 2 amide bonds. The topological polar surface area (TPSA) is 69.7 Å². The number of carbonyl (C=O) groups is 1. The second-order valence-electron chi connectivity index (χ2n) is 8.57. The van der Waals surface area contributed by atoms with Crippen molar-refractivity contribution >= 4 is 27.4 Å². The van der Waals surface area contributed by atoms with Crippen LogP contribution in [0.4, 0.5) is 16.2 Å². The first-order valence-electron chi connectivity index (χ1n) is 11.2. The van der Waals surface area contributed by atoms with Gasteiger partial charge in [0.1, 0.15) is 0 Å². The molecule has 1 fully saturated rings. The summed E-state index contributed by atoms with van der Waals surface area (Å²) in [5.74, 6) is 0.478. The molecule has 1 aliphatic rings. The average Bonchev–Trinajstić information content (AvgIpc) is 2.82.